The second kappa shape index (κ2) is 7.24. The maximum atomic E-state index is 12.9. The number of carbonyl (C=O) groups is 2. The van der Waals surface area contributed by atoms with Crippen molar-refractivity contribution < 1.29 is 18.7 Å². The third-order valence-electron chi connectivity index (χ3n) is 2.63. The number of carbonyl (C=O) groups excluding carboxylic acids is 2. The van der Waals surface area contributed by atoms with Gasteiger partial charge in [0.15, 0.2) is 6.61 Å². The molecular formula is C15H10Cl2FNO3. The second-order valence-corrected chi connectivity index (χ2v) is 5.04. The predicted octanol–water partition coefficient (Wildman–Crippen LogP) is 3.93. The topological polar surface area (TPSA) is 55.4 Å². The molecule has 0 heterocycles. The van der Waals surface area contributed by atoms with Gasteiger partial charge < -0.3 is 10.1 Å². The minimum absolute atomic E-state index is 0.0198. The molecule has 0 unspecified atom stereocenters. The number of ether oxygens (including phenoxy) is 1. The molecular weight excluding hydrogens is 332 g/mol. The lowest BCUT2D eigenvalue weighted by Crippen LogP contribution is -2.21. The summed E-state index contributed by atoms with van der Waals surface area (Å²) in [4.78, 5) is 23.5. The Bertz CT molecular complexity index is 722. The van der Waals surface area contributed by atoms with Crippen molar-refractivity contribution in [3.05, 3.63) is 63.9 Å². The lowest BCUT2D eigenvalue weighted by atomic mass is 10.2. The number of rotatable bonds is 4. The molecule has 0 spiro atoms. The summed E-state index contributed by atoms with van der Waals surface area (Å²) < 4.78 is 17.7. The van der Waals surface area contributed by atoms with Gasteiger partial charge >= 0.3 is 5.97 Å². The second-order valence-electron chi connectivity index (χ2n) is 4.23. The number of amides is 1. The number of hydrogen-bond donors (Lipinski definition) is 1. The molecule has 7 heteroatoms. The van der Waals surface area contributed by atoms with E-state index in [2.05, 4.69) is 5.32 Å². The van der Waals surface area contributed by atoms with Gasteiger partial charge in [-0.3, -0.25) is 4.79 Å². The monoisotopic (exact) mass is 341 g/mol. The number of para-hydroxylation sites is 1. The van der Waals surface area contributed by atoms with E-state index in [1.54, 1.807) is 24.3 Å². The molecule has 1 N–H and O–H groups in total. The zero-order valence-corrected chi connectivity index (χ0v) is 12.6. The summed E-state index contributed by atoms with van der Waals surface area (Å²) in [6.07, 6.45) is 0. The summed E-state index contributed by atoms with van der Waals surface area (Å²) in [5, 5.41) is 2.78. The first-order valence-electron chi connectivity index (χ1n) is 6.14. The van der Waals surface area contributed by atoms with Crippen LogP contribution in [-0.4, -0.2) is 18.5 Å². The highest BCUT2D eigenvalue weighted by atomic mass is 35.5. The van der Waals surface area contributed by atoms with E-state index in [-0.39, 0.29) is 10.6 Å². The Morgan fingerprint density at radius 3 is 2.50 bits per heavy atom. The molecule has 114 valence electrons. The van der Waals surface area contributed by atoms with Crippen molar-refractivity contribution in [3.8, 4) is 0 Å². The molecule has 2 aromatic carbocycles. The van der Waals surface area contributed by atoms with Crippen LogP contribution < -0.4 is 5.32 Å². The molecule has 0 bridgehead atoms. The SMILES string of the molecule is O=C(COC(=O)c1ccc(F)cc1Cl)Nc1ccccc1Cl. The van der Waals surface area contributed by atoms with Crippen LogP contribution >= 0.6 is 23.2 Å². The summed E-state index contributed by atoms with van der Waals surface area (Å²) in [5.41, 5.74) is 0.388. The van der Waals surface area contributed by atoms with Gasteiger partial charge in [-0.25, -0.2) is 9.18 Å². The first-order valence-corrected chi connectivity index (χ1v) is 6.89. The number of esters is 1. The number of benzene rings is 2. The van der Waals surface area contributed by atoms with E-state index < -0.39 is 24.3 Å². The Balaban J connectivity index is 1.93. The molecule has 0 fully saturated rings. The fourth-order valence-electron chi connectivity index (χ4n) is 1.61. The normalized spacial score (nSPS) is 10.1. The van der Waals surface area contributed by atoms with Crippen molar-refractivity contribution in [2.24, 2.45) is 0 Å². The highest BCUT2D eigenvalue weighted by molar-refractivity contribution is 6.34. The van der Waals surface area contributed by atoms with E-state index in [1.807, 2.05) is 0 Å². The maximum Gasteiger partial charge on any atom is 0.340 e. The van der Waals surface area contributed by atoms with Gasteiger partial charge in [0.05, 0.1) is 21.3 Å². The van der Waals surface area contributed by atoms with Crippen molar-refractivity contribution in [2.75, 3.05) is 11.9 Å². The molecule has 0 saturated heterocycles. The predicted molar refractivity (Wildman–Crippen MR) is 81.8 cm³/mol. The molecule has 2 rings (SSSR count). The van der Waals surface area contributed by atoms with Crippen molar-refractivity contribution in [2.45, 2.75) is 0 Å². The van der Waals surface area contributed by atoms with Crippen molar-refractivity contribution in [1.82, 2.24) is 0 Å². The summed E-state index contributed by atoms with van der Waals surface area (Å²) in [6, 6.07) is 9.89. The molecule has 2 aromatic rings. The number of hydrogen-bond acceptors (Lipinski definition) is 3. The van der Waals surface area contributed by atoms with Crippen LogP contribution in [0, 0.1) is 5.82 Å². The summed E-state index contributed by atoms with van der Waals surface area (Å²) in [7, 11) is 0. The van der Waals surface area contributed by atoms with E-state index in [1.165, 1.54) is 6.07 Å². The van der Waals surface area contributed by atoms with E-state index in [9.17, 15) is 14.0 Å². The lowest BCUT2D eigenvalue weighted by Gasteiger charge is -2.08. The fraction of sp³-hybridized carbons (Fsp3) is 0.0667. The number of halogens is 3. The van der Waals surface area contributed by atoms with E-state index in [0.717, 1.165) is 12.1 Å². The average Bonchev–Trinajstić information content (AvgIpc) is 2.47. The molecule has 0 radical (unpaired) electrons. The molecule has 0 atom stereocenters. The molecule has 22 heavy (non-hydrogen) atoms. The standard InChI is InChI=1S/C15H10Cl2FNO3/c16-11-3-1-2-4-13(11)19-14(20)8-22-15(21)10-6-5-9(18)7-12(10)17/h1-7H,8H2,(H,19,20). The third kappa shape index (κ3) is 4.19. The zero-order valence-electron chi connectivity index (χ0n) is 11.1. The Morgan fingerprint density at radius 1 is 1.09 bits per heavy atom. The smallest absolute Gasteiger partial charge is 0.340 e. The van der Waals surface area contributed by atoms with Crippen LogP contribution in [0.1, 0.15) is 10.4 Å². The maximum absolute atomic E-state index is 12.9. The van der Waals surface area contributed by atoms with E-state index in [4.69, 9.17) is 27.9 Å². The van der Waals surface area contributed by atoms with Gasteiger partial charge in [0.2, 0.25) is 0 Å². The molecule has 1 amide bonds. The van der Waals surface area contributed by atoms with Crippen molar-refractivity contribution in [3.63, 3.8) is 0 Å². The van der Waals surface area contributed by atoms with Crippen LogP contribution in [0.25, 0.3) is 0 Å². The van der Waals surface area contributed by atoms with Gasteiger partial charge in [-0.05, 0) is 30.3 Å². The average molecular weight is 342 g/mol. The van der Waals surface area contributed by atoms with Crippen LogP contribution in [0.4, 0.5) is 10.1 Å². The molecule has 0 aromatic heterocycles. The van der Waals surface area contributed by atoms with Crippen molar-refractivity contribution >= 4 is 40.8 Å². The van der Waals surface area contributed by atoms with Gasteiger partial charge in [0.1, 0.15) is 5.82 Å². The van der Waals surface area contributed by atoms with Gasteiger partial charge in [0.25, 0.3) is 5.91 Å². The summed E-state index contributed by atoms with van der Waals surface area (Å²) >= 11 is 11.6. The quantitative estimate of drug-likeness (QED) is 0.857. The molecule has 4 nitrogen and oxygen atoms in total. The third-order valence-corrected chi connectivity index (χ3v) is 3.28. The molecule has 0 aliphatic rings. The highest BCUT2D eigenvalue weighted by Crippen LogP contribution is 2.20. The number of nitrogens with one attached hydrogen (secondary N) is 1. The fourth-order valence-corrected chi connectivity index (χ4v) is 2.04. The first kappa shape index (κ1) is 16.3. The minimum Gasteiger partial charge on any atom is -0.452 e. The van der Waals surface area contributed by atoms with Crippen LogP contribution in [0.2, 0.25) is 10.0 Å². The summed E-state index contributed by atoms with van der Waals surface area (Å²) in [6.45, 7) is -0.516. The Morgan fingerprint density at radius 2 is 1.82 bits per heavy atom. The molecule has 0 aliphatic carbocycles. The molecule has 0 aliphatic heterocycles. The minimum atomic E-state index is -0.820. The Labute approximate surface area is 135 Å². The highest BCUT2D eigenvalue weighted by Gasteiger charge is 2.14. The Kier molecular flexibility index (Phi) is 5.35. The number of anilines is 1. The lowest BCUT2D eigenvalue weighted by molar-refractivity contribution is -0.119. The molecule has 0 saturated carbocycles. The van der Waals surface area contributed by atoms with Crippen molar-refractivity contribution in [1.29, 1.82) is 0 Å². The van der Waals surface area contributed by atoms with E-state index >= 15 is 0 Å². The van der Waals surface area contributed by atoms with Gasteiger partial charge in [-0.1, -0.05) is 35.3 Å². The van der Waals surface area contributed by atoms with Gasteiger partial charge in [-0.15, -0.1) is 0 Å². The van der Waals surface area contributed by atoms with Crippen LogP contribution in [0.15, 0.2) is 42.5 Å². The summed E-state index contributed by atoms with van der Waals surface area (Å²) in [5.74, 6) is -1.95. The van der Waals surface area contributed by atoms with Crippen LogP contribution in [0.5, 0.6) is 0 Å². The van der Waals surface area contributed by atoms with Crippen LogP contribution in [-0.2, 0) is 9.53 Å². The largest absolute Gasteiger partial charge is 0.452 e. The van der Waals surface area contributed by atoms with Gasteiger partial charge in [0, 0.05) is 0 Å². The van der Waals surface area contributed by atoms with E-state index in [0.29, 0.717) is 10.7 Å². The van der Waals surface area contributed by atoms with Crippen LogP contribution in [0.3, 0.4) is 0 Å². The van der Waals surface area contributed by atoms with Gasteiger partial charge in [-0.2, -0.15) is 0 Å². The zero-order chi connectivity index (χ0) is 16.1. The first-order chi connectivity index (χ1) is 10.5. The Hall–Kier alpha value is -2.11.